The van der Waals surface area contributed by atoms with Gasteiger partial charge in [0.15, 0.2) is 0 Å². The molecular formula is C16H23ClFN3O2. The number of carbonyl (C=O) groups excluding carboxylic acids is 2. The van der Waals surface area contributed by atoms with Crippen molar-refractivity contribution in [1.82, 2.24) is 5.32 Å². The molecule has 1 aromatic rings. The number of piperidine rings is 1. The van der Waals surface area contributed by atoms with Crippen LogP contribution in [0.15, 0.2) is 18.2 Å². The summed E-state index contributed by atoms with van der Waals surface area (Å²) in [6, 6.07) is 3.70. The molecule has 7 heteroatoms. The number of anilines is 1. The molecule has 5 nitrogen and oxygen atoms in total. The fraction of sp³-hybridized carbons (Fsp3) is 0.500. The van der Waals surface area contributed by atoms with Gasteiger partial charge in [0.05, 0.1) is 5.69 Å². The lowest BCUT2D eigenvalue weighted by atomic mass is 9.84. The maximum absolute atomic E-state index is 13.7. The average Bonchev–Trinajstić information content (AvgIpc) is 2.50. The Morgan fingerprint density at radius 1 is 1.39 bits per heavy atom. The SMILES string of the molecule is CC(CC(=O)Nc1cc(C(N)=O)ccc1F)C1CCNCC1.Cl. The molecule has 128 valence electrons. The zero-order valence-corrected chi connectivity index (χ0v) is 13.9. The largest absolute Gasteiger partial charge is 0.366 e. The van der Waals surface area contributed by atoms with Crippen molar-refractivity contribution in [2.45, 2.75) is 26.2 Å². The van der Waals surface area contributed by atoms with Gasteiger partial charge in [-0.25, -0.2) is 4.39 Å². The molecule has 23 heavy (non-hydrogen) atoms. The smallest absolute Gasteiger partial charge is 0.248 e. The minimum absolute atomic E-state index is 0. The van der Waals surface area contributed by atoms with Crippen LogP contribution in [0.3, 0.4) is 0 Å². The predicted molar refractivity (Wildman–Crippen MR) is 90.2 cm³/mol. The van der Waals surface area contributed by atoms with Crippen molar-refractivity contribution in [2.24, 2.45) is 17.6 Å². The quantitative estimate of drug-likeness (QED) is 0.767. The van der Waals surface area contributed by atoms with Crippen LogP contribution in [0.5, 0.6) is 0 Å². The topological polar surface area (TPSA) is 84.2 Å². The van der Waals surface area contributed by atoms with Gasteiger partial charge in [0.25, 0.3) is 0 Å². The number of benzene rings is 1. The van der Waals surface area contributed by atoms with Crippen molar-refractivity contribution in [3.05, 3.63) is 29.6 Å². The average molecular weight is 344 g/mol. The molecule has 0 aromatic heterocycles. The highest BCUT2D eigenvalue weighted by Gasteiger charge is 2.22. The van der Waals surface area contributed by atoms with Gasteiger partial charge < -0.3 is 16.4 Å². The first kappa shape index (κ1) is 19.4. The van der Waals surface area contributed by atoms with Crippen LogP contribution in [0.4, 0.5) is 10.1 Å². The fourth-order valence-electron chi connectivity index (χ4n) is 2.85. The highest BCUT2D eigenvalue weighted by Crippen LogP contribution is 2.25. The second-order valence-electron chi connectivity index (χ2n) is 5.88. The molecule has 1 aliphatic heterocycles. The van der Waals surface area contributed by atoms with E-state index >= 15 is 0 Å². The first-order valence-corrected chi connectivity index (χ1v) is 7.57. The second-order valence-corrected chi connectivity index (χ2v) is 5.88. The number of amides is 2. The summed E-state index contributed by atoms with van der Waals surface area (Å²) in [6.45, 7) is 4.00. The summed E-state index contributed by atoms with van der Waals surface area (Å²) in [4.78, 5) is 23.2. The normalized spacial score (nSPS) is 16.3. The summed E-state index contributed by atoms with van der Waals surface area (Å²) in [7, 11) is 0. The molecule has 0 saturated carbocycles. The molecule has 1 heterocycles. The van der Waals surface area contributed by atoms with Crippen LogP contribution in [0.25, 0.3) is 0 Å². The zero-order valence-electron chi connectivity index (χ0n) is 13.1. The van der Waals surface area contributed by atoms with Gasteiger partial charge in [-0.1, -0.05) is 6.92 Å². The standard InChI is InChI=1S/C16H22FN3O2.ClH/c1-10(11-4-6-19-7-5-11)8-15(21)20-14-9-12(16(18)22)2-3-13(14)17;/h2-3,9-11,19H,4-8H2,1H3,(H2,18,22)(H,20,21);1H. The number of nitrogens with two attached hydrogens (primary N) is 1. The summed E-state index contributed by atoms with van der Waals surface area (Å²) < 4.78 is 13.7. The van der Waals surface area contributed by atoms with E-state index in [1.54, 1.807) is 0 Å². The summed E-state index contributed by atoms with van der Waals surface area (Å²) in [5.74, 6) is -0.726. The second kappa shape index (κ2) is 8.84. The van der Waals surface area contributed by atoms with Gasteiger partial charge in [0.2, 0.25) is 11.8 Å². The Morgan fingerprint density at radius 3 is 2.65 bits per heavy atom. The van der Waals surface area contributed by atoms with E-state index in [2.05, 4.69) is 10.6 Å². The summed E-state index contributed by atoms with van der Waals surface area (Å²) in [5, 5.41) is 5.83. The van der Waals surface area contributed by atoms with Gasteiger partial charge in [0, 0.05) is 12.0 Å². The van der Waals surface area contributed by atoms with E-state index in [9.17, 15) is 14.0 Å². The van der Waals surface area contributed by atoms with E-state index in [-0.39, 0.29) is 35.5 Å². The monoisotopic (exact) mass is 343 g/mol. The lowest BCUT2D eigenvalue weighted by Crippen LogP contribution is -2.32. The molecule has 1 fully saturated rings. The molecule has 0 radical (unpaired) electrons. The van der Waals surface area contributed by atoms with Crippen LogP contribution >= 0.6 is 12.4 Å². The number of nitrogens with one attached hydrogen (secondary N) is 2. The van der Waals surface area contributed by atoms with E-state index in [0.29, 0.717) is 12.3 Å². The molecule has 0 aliphatic carbocycles. The zero-order chi connectivity index (χ0) is 16.1. The van der Waals surface area contributed by atoms with Crippen LogP contribution < -0.4 is 16.4 Å². The molecule has 4 N–H and O–H groups in total. The van der Waals surface area contributed by atoms with Crippen molar-refractivity contribution >= 4 is 29.9 Å². The number of carbonyl (C=O) groups is 2. The predicted octanol–water partition coefficient (Wildman–Crippen LogP) is 2.31. The van der Waals surface area contributed by atoms with Crippen LogP contribution in [0.1, 0.15) is 36.5 Å². The van der Waals surface area contributed by atoms with E-state index in [0.717, 1.165) is 32.0 Å². The minimum atomic E-state index is -0.654. The maximum atomic E-state index is 13.7. The highest BCUT2D eigenvalue weighted by molar-refractivity contribution is 5.96. The first-order chi connectivity index (χ1) is 10.5. The van der Waals surface area contributed by atoms with E-state index in [1.807, 2.05) is 6.92 Å². The van der Waals surface area contributed by atoms with E-state index in [4.69, 9.17) is 5.73 Å². The Labute approximate surface area is 141 Å². The lowest BCUT2D eigenvalue weighted by Gasteiger charge is -2.27. The highest BCUT2D eigenvalue weighted by atomic mass is 35.5. The van der Waals surface area contributed by atoms with Gasteiger partial charge in [-0.3, -0.25) is 9.59 Å². The Morgan fingerprint density at radius 2 is 2.04 bits per heavy atom. The van der Waals surface area contributed by atoms with Gasteiger partial charge in [0.1, 0.15) is 5.82 Å². The van der Waals surface area contributed by atoms with E-state index in [1.165, 1.54) is 12.1 Å². The minimum Gasteiger partial charge on any atom is -0.366 e. The molecule has 1 aromatic carbocycles. The van der Waals surface area contributed by atoms with Gasteiger partial charge in [-0.15, -0.1) is 12.4 Å². The van der Waals surface area contributed by atoms with Crippen LogP contribution in [0.2, 0.25) is 0 Å². The van der Waals surface area contributed by atoms with Crippen molar-refractivity contribution in [3.63, 3.8) is 0 Å². The Hall–Kier alpha value is -1.66. The van der Waals surface area contributed by atoms with Gasteiger partial charge in [-0.2, -0.15) is 0 Å². The Balaban J connectivity index is 0.00000264. The number of hydrogen-bond acceptors (Lipinski definition) is 3. The van der Waals surface area contributed by atoms with Crippen LogP contribution in [0, 0.1) is 17.7 Å². The Bertz CT molecular complexity index is 562. The third kappa shape index (κ3) is 5.48. The van der Waals surface area contributed by atoms with Crippen molar-refractivity contribution in [1.29, 1.82) is 0 Å². The van der Waals surface area contributed by atoms with Crippen LogP contribution in [-0.4, -0.2) is 24.9 Å². The summed E-state index contributed by atoms with van der Waals surface area (Å²) >= 11 is 0. The third-order valence-electron chi connectivity index (χ3n) is 4.22. The lowest BCUT2D eigenvalue weighted by molar-refractivity contribution is -0.117. The van der Waals surface area contributed by atoms with Crippen molar-refractivity contribution in [2.75, 3.05) is 18.4 Å². The van der Waals surface area contributed by atoms with Gasteiger partial charge in [-0.05, 0) is 56.0 Å². The number of rotatable bonds is 5. The molecule has 0 bridgehead atoms. The molecule has 1 saturated heterocycles. The maximum Gasteiger partial charge on any atom is 0.248 e. The molecule has 2 rings (SSSR count). The molecule has 1 unspecified atom stereocenters. The van der Waals surface area contributed by atoms with Crippen molar-refractivity contribution in [3.8, 4) is 0 Å². The third-order valence-corrected chi connectivity index (χ3v) is 4.22. The molecule has 1 atom stereocenters. The summed E-state index contributed by atoms with van der Waals surface area (Å²) in [6.07, 6.45) is 2.45. The first-order valence-electron chi connectivity index (χ1n) is 7.57. The molecule has 1 aliphatic rings. The summed E-state index contributed by atoms with van der Waals surface area (Å²) in [5.41, 5.74) is 5.33. The number of hydrogen-bond donors (Lipinski definition) is 3. The fourth-order valence-corrected chi connectivity index (χ4v) is 2.85. The molecule has 0 spiro atoms. The molecule has 2 amide bonds. The Kier molecular flexibility index (Phi) is 7.45. The molecular weight excluding hydrogens is 321 g/mol. The number of halogens is 2. The van der Waals surface area contributed by atoms with Crippen molar-refractivity contribution < 1.29 is 14.0 Å². The van der Waals surface area contributed by atoms with Crippen LogP contribution in [-0.2, 0) is 4.79 Å². The van der Waals surface area contributed by atoms with E-state index < -0.39 is 11.7 Å². The number of primary amides is 1. The van der Waals surface area contributed by atoms with Gasteiger partial charge >= 0.3 is 0 Å².